The molecule has 0 saturated carbocycles. The molecule has 1 aliphatic heterocycles. The van der Waals surface area contributed by atoms with Gasteiger partial charge in [-0.3, -0.25) is 4.98 Å². The van der Waals surface area contributed by atoms with Gasteiger partial charge in [0.1, 0.15) is 18.2 Å². The van der Waals surface area contributed by atoms with E-state index in [-0.39, 0.29) is 0 Å². The van der Waals surface area contributed by atoms with Crippen LogP contribution in [-0.2, 0) is 6.54 Å². The maximum absolute atomic E-state index is 6.15. The Morgan fingerprint density at radius 3 is 2.69 bits per heavy atom. The van der Waals surface area contributed by atoms with Gasteiger partial charge in [0.15, 0.2) is 0 Å². The summed E-state index contributed by atoms with van der Waals surface area (Å²) < 4.78 is 6.15. The topological polar surface area (TPSA) is 77.2 Å². The van der Waals surface area contributed by atoms with Crippen LogP contribution in [-0.4, -0.2) is 28.1 Å². The second-order valence-corrected chi connectivity index (χ2v) is 7.85. The summed E-state index contributed by atoms with van der Waals surface area (Å²) in [4.78, 5) is 15.5. The summed E-state index contributed by atoms with van der Waals surface area (Å²) >= 11 is 0. The molecule has 0 fully saturated rings. The molecule has 6 nitrogen and oxygen atoms in total. The third-order valence-electron chi connectivity index (χ3n) is 5.33. The lowest BCUT2D eigenvalue weighted by Crippen LogP contribution is -2.28. The van der Waals surface area contributed by atoms with Crippen molar-refractivity contribution < 1.29 is 4.74 Å². The number of ether oxygens (including phenoxy) is 1. The molecule has 3 heterocycles. The first-order valence-electron chi connectivity index (χ1n) is 9.99. The van der Waals surface area contributed by atoms with Gasteiger partial charge in [-0.1, -0.05) is 19.9 Å². The molecule has 0 unspecified atom stereocenters. The number of pyridine rings is 1. The second-order valence-electron chi connectivity index (χ2n) is 7.85. The van der Waals surface area contributed by atoms with Crippen LogP contribution in [0.1, 0.15) is 42.1 Å². The summed E-state index contributed by atoms with van der Waals surface area (Å²) in [6, 6.07) is 8.40. The molecule has 0 amide bonds. The van der Waals surface area contributed by atoms with Crippen LogP contribution in [0.5, 0.6) is 5.75 Å². The van der Waals surface area contributed by atoms with Gasteiger partial charge in [-0.2, -0.15) is 4.98 Å². The molecule has 1 aromatic carbocycles. The van der Waals surface area contributed by atoms with Crippen LogP contribution in [0.2, 0.25) is 0 Å². The zero-order chi connectivity index (χ0) is 20.5. The van der Waals surface area contributed by atoms with Gasteiger partial charge in [0.05, 0.1) is 6.54 Å². The minimum absolute atomic E-state index is 0.303. The smallest absolute Gasteiger partial charge is 0.222 e. The lowest BCUT2D eigenvalue weighted by Gasteiger charge is -2.26. The van der Waals surface area contributed by atoms with E-state index in [4.69, 9.17) is 10.5 Å². The third-order valence-corrected chi connectivity index (χ3v) is 5.33. The Labute approximate surface area is 171 Å². The van der Waals surface area contributed by atoms with E-state index in [1.54, 1.807) is 6.20 Å². The quantitative estimate of drug-likeness (QED) is 0.721. The molecule has 29 heavy (non-hydrogen) atoms. The van der Waals surface area contributed by atoms with E-state index in [0.29, 0.717) is 25.0 Å². The van der Waals surface area contributed by atoms with Crippen LogP contribution in [0, 0.1) is 13.8 Å². The van der Waals surface area contributed by atoms with Crippen molar-refractivity contribution in [2.24, 2.45) is 0 Å². The molecule has 0 atom stereocenters. The number of nitrogens with zero attached hydrogens (tertiary/aromatic N) is 4. The molecule has 1 aliphatic rings. The number of anilines is 2. The molecule has 0 saturated heterocycles. The molecule has 0 aliphatic carbocycles. The average molecular weight is 390 g/mol. The molecule has 6 heteroatoms. The van der Waals surface area contributed by atoms with E-state index in [9.17, 15) is 0 Å². The van der Waals surface area contributed by atoms with E-state index in [2.05, 4.69) is 58.8 Å². The number of rotatable bonds is 3. The van der Waals surface area contributed by atoms with Crippen LogP contribution in [0.25, 0.3) is 11.1 Å². The van der Waals surface area contributed by atoms with Crippen LogP contribution < -0.4 is 15.4 Å². The number of hydrogen-bond acceptors (Lipinski definition) is 6. The van der Waals surface area contributed by atoms with Crippen molar-refractivity contribution in [3.63, 3.8) is 0 Å². The highest BCUT2D eigenvalue weighted by atomic mass is 16.5. The molecule has 150 valence electrons. The van der Waals surface area contributed by atoms with Gasteiger partial charge in [0.25, 0.3) is 0 Å². The normalized spacial score (nSPS) is 13.8. The molecule has 3 aromatic rings. The van der Waals surface area contributed by atoms with Crippen molar-refractivity contribution in [2.75, 3.05) is 23.8 Å². The Morgan fingerprint density at radius 2 is 1.97 bits per heavy atom. The highest BCUT2D eigenvalue weighted by Gasteiger charge is 2.24. The first kappa shape index (κ1) is 19.2. The van der Waals surface area contributed by atoms with Crippen LogP contribution in [0.3, 0.4) is 0 Å². The maximum Gasteiger partial charge on any atom is 0.222 e. The summed E-state index contributed by atoms with van der Waals surface area (Å²) in [7, 11) is 0. The van der Waals surface area contributed by atoms with Gasteiger partial charge in [-0.15, -0.1) is 0 Å². The molecular weight excluding hydrogens is 362 g/mol. The van der Waals surface area contributed by atoms with Gasteiger partial charge in [-0.25, -0.2) is 4.98 Å². The minimum atomic E-state index is 0.303. The van der Waals surface area contributed by atoms with E-state index in [1.165, 1.54) is 0 Å². The second kappa shape index (κ2) is 7.70. The van der Waals surface area contributed by atoms with Crippen molar-refractivity contribution in [3.8, 4) is 16.9 Å². The van der Waals surface area contributed by atoms with Crippen molar-refractivity contribution in [1.82, 2.24) is 15.0 Å². The number of aromatic nitrogens is 3. The Morgan fingerprint density at radius 1 is 1.14 bits per heavy atom. The number of hydrogen-bond donors (Lipinski definition) is 1. The number of nitrogen functional groups attached to an aromatic ring is 1. The molecule has 0 bridgehead atoms. The molecule has 4 rings (SSSR count). The van der Waals surface area contributed by atoms with Crippen LogP contribution in [0.4, 0.5) is 11.8 Å². The van der Waals surface area contributed by atoms with E-state index in [0.717, 1.165) is 51.6 Å². The average Bonchev–Trinajstić information content (AvgIpc) is 2.90. The molecule has 0 spiro atoms. The predicted molar refractivity (Wildman–Crippen MR) is 116 cm³/mol. The van der Waals surface area contributed by atoms with Gasteiger partial charge in [0.2, 0.25) is 5.95 Å². The summed E-state index contributed by atoms with van der Waals surface area (Å²) in [5.41, 5.74) is 12.6. The van der Waals surface area contributed by atoms with E-state index < -0.39 is 0 Å². The SMILES string of the molecule is Cc1cc(-c2cccnc2)cc2c1OCCN(c1nc(N)nc(C)c1C(C)C)C2. The lowest BCUT2D eigenvalue weighted by atomic mass is 9.99. The Kier molecular flexibility index (Phi) is 5.09. The summed E-state index contributed by atoms with van der Waals surface area (Å²) in [6.45, 7) is 10.5. The summed E-state index contributed by atoms with van der Waals surface area (Å²) in [6.07, 6.45) is 3.68. The fourth-order valence-electron chi connectivity index (χ4n) is 4.10. The van der Waals surface area contributed by atoms with Crippen molar-refractivity contribution in [2.45, 2.75) is 40.2 Å². The van der Waals surface area contributed by atoms with Crippen LogP contribution in [0.15, 0.2) is 36.7 Å². The highest BCUT2D eigenvalue weighted by Crippen LogP contribution is 2.36. The minimum Gasteiger partial charge on any atom is -0.491 e. The van der Waals surface area contributed by atoms with Gasteiger partial charge in [-0.05, 0) is 49.1 Å². The Balaban J connectivity index is 1.79. The van der Waals surface area contributed by atoms with E-state index in [1.807, 2.05) is 19.2 Å². The lowest BCUT2D eigenvalue weighted by molar-refractivity contribution is 0.329. The third kappa shape index (κ3) is 3.75. The van der Waals surface area contributed by atoms with Gasteiger partial charge in [0, 0.05) is 41.3 Å². The monoisotopic (exact) mass is 389 g/mol. The van der Waals surface area contributed by atoms with Gasteiger partial charge >= 0.3 is 0 Å². The zero-order valence-corrected chi connectivity index (χ0v) is 17.4. The van der Waals surface area contributed by atoms with E-state index >= 15 is 0 Å². The fraction of sp³-hybridized carbons (Fsp3) is 0.348. The number of nitrogens with two attached hydrogens (primary N) is 1. The molecule has 2 aromatic heterocycles. The van der Waals surface area contributed by atoms with Crippen LogP contribution >= 0.6 is 0 Å². The van der Waals surface area contributed by atoms with Gasteiger partial charge < -0.3 is 15.4 Å². The number of benzene rings is 1. The van der Waals surface area contributed by atoms with Crippen molar-refractivity contribution >= 4 is 11.8 Å². The van der Waals surface area contributed by atoms with Crippen molar-refractivity contribution in [3.05, 3.63) is 59.0 Å². The zero-order valence-electron chi connectivity index (χ0n) is 17.4. The number of fused-ring (bicyclic) bond motifs is 1. The fourth-order valence-corrected chi connectivity index (χ4v) is 4.10. The highest BCUT2D eigenvalue weighted by molar-refractivity contribution is 5.67. The molecule has 2 N–H and O–H groups in total. The summed E-state index contributed by atoms with van der Waals surface area (Å²) in [5, 5.41) is 0. The summed E-state index contributed by atoms with van der Waals surface area (Å²) in [5.74, 6) is 2.49. The Hall–Kier alpha value is -3.15. The first-order chi connectivity index (χ1) is 13.9. The first-order valence-corrected chi connectivity index (χ1v) is 9.99. The predicted octanol–water partition coefficient (Wildman–Crippen LogP) is 4.26. The maximum atomic E-state index is 6.15. The van der Waals surface area contributed by atoms with Crippen molar-refractivity contribution in [1.29, 1.82) is 0 Å². The number of aryl methyl sites for hydroxylation is 2. The largest absolute Gasteiger partial charge is 0.491 e. The Bertz CT molecular complexity index is 1030. The standard InChI is InChI=1S/C23H27N5O/c1-14(2)20-16(4)26-23(24)27-22(20)28-8-9-29-21-15(3)10-18(11-19(21)13-28)17-6-5-7-25-12-17/h5-7,10-12,14H,8-9,13H2,1-4H3,(H2,24,26,27). The molecule has 0 radical (unpaired) electrons. The molecular formula is C23H27N5O.